The Kier molecular flexibility index (Phi) is 6.67. The predicted octanol–water partition coefficient (Wildman–Crippen LogP) is 2.36. The Morgan fingerprint density at radius 3 is 2.33 bits per heavy atom. The number of rotatable bonds is 7. The molecule has 0 aliphatic heterocycles. The van der Waals surface area contributed by atoms with E-state index in [1.54, 1.807) is 6.08 Å². The summed E-state index contributed by atoms with van der Waals surface area (Å²) in [4.78, 5) is 22.8. The summed E-state index contributed by atoms with van der Waals surface area (Å²) >= 11 is 0. The molecule has 0 aromatic heterocycles. The van der Waals surface area contributed by atoms with Crippen LogP contribution in [0.25, 0.3) is 0 Å². The predicted molar refractivity (Wildman–Crippen MR) is 59.4 cm³/mol. The van der Waals surface area contributed by atoms with Crippen LogP contribution in [0.1, 0.15) is 33.1 Å². The van der Waals surface area contributed by atoms with Crippen LogP contribution in [0.3, 0.4) is 0 Å². The highest BCUT2D eigenvalue weighted by Gasteiger charge is 2.29. The van der Waals surface area contributed by atoms with E-state index in [2.05, 4.69) is 11.3 Å². The van der Waals surface area contributed by atoms with Gasteiger partial charge < -0.3 is 4.74 Å². The van der Waals surface area contributed by atoms with Crippen molar-refractivity contribution in [3.05, 3.63) is 12.7 Å². The maximum absolute atomic E-state index is 11.7. The van der Waals surface area contributed by atoms with E-state index in [0.29, 0.717) is 6.42 Å². The Morgan fingerprint density at radius 2 is 2.00 bits per heavy atom. The fraction of sp³-hybridized carbons (Fsp3) is 0.667. The summed E-state index contributed by atoms with van der Waals surface area (Å²) in [6, 6.07) is 0. The lowest BCUT2D eigenvalue weighted by molar-refractivity contribution is -0.154. The van der Waals surface area contributed by atoms with E-state index in [9.17, 15) is 9.59 Å². The average molecular weight is 212 g/mol. The molecule has 0 fully saturated rings. The second kappa shape index (κ2) is 7.21. The highest BCUT2D eigenvalue weighted by molar-refractivity contribution is 6.34. The van der Waals surface area contributed by atoms with Gasteiger partial charge >= 0.3 is 5.97 Å². The summed E-state index contributed by atoms with van der Waals surface area (Å²) in [5.74, 6) is -1.38. The number of carbonyl (C=O) groups is 2. The minimum atomic E-state index is -0.746. The number of Topliss-reactive ketones (excluding diaryl/α,β-unsaturated/α-hetero) is 1. The van der Waals surface area contributed by atoms with Gasteiger partial charge in [-0.15, -0.1) is 6.58 Å². The highest BCUT2D eigenvalue weighted by Crippen LogP contribution is 2.23. The smallest absolute Gasteiger partial charge is 0.374 e. The van der Waals surface area contributed by atoms with E-state index in [-0.39, 0.29) is 11.8 Å². The van der Waals surface area contributed by atoms with Crippen molar-refractivity contribution in [1.29, 1.82) is 0 Å². The van der Waals surface area contributed by atoms with Crippen molar-refractivity contribution >= 4 is 11.8 Å². The van der Waals surface area contributed by atoms with Gasteiger partial charge in [0.1, 0.15) is 0 Å². The fourth-order valence-electron chi connectivity index (χ4n) is 1.75. The molecule has 0 aromatic carbocycles. The molecule has 2 atom stereocenters. The second-order valence-electron chi connectivity index (χ2n) is 3.56. The van der Waals surface area contributed by atoms with Crippen LogP contribution in [0.15, 0.2) is 12.7 Å². The van der Waals surface area contributed by atoms with E-state index in [0.717, 1.165) is 12.8 Å². The first-order valence-electron chi connectivity index (χ1n) is 5.36. The average Bonchev–Trinajstić information content (AvgIpc) is 2.27. The van der Waals surface area contributed by atoms with Gasteiger partial charge in [0, 0.05) is 5.92 Å². The number of methoxy groups -OCH3 is 1. The van der Waals surface area contributed by atoms with Crippen LogP contribution < -0.4 is 0 Å². The normalized spacial score (nSPS) is 14.1. The number of ether oxygens (including phenoxy) is 1. The van der Waals surface area contributed by atoms with Gasteiger partial charge in [-0.2, -0.15) is 0 Å². The minimum Gasteiger partial charge on any atom is -0.463 e. The molecule has 15 heavy (non-hydrogen) atoms. The molecule has 0 aromatic rings. The molecule has 86 valence electrons. The van der Waals surface area contributed by atoms with Crippen LogP contribution in [0.5, 0.6) is 0 Å². The van der Waals surface area contributed by atoms with Gasteiger partial charge in [0.05, 0.1) is 7.11 Å². The maximum Gasteiger partial charge on any atom is 0.374 e. The monoisotopic (exact) mass is 212 g/mol. The van der Waals surface area contributed by atoms with Crippen LogP contribution in [-0.4, -0.2) is 18.9 Å². The van der Waals surface area contributed by atoms with Gasteiger partial charge in [0.15, 0.2) is 0 Å². The largest absolute Gasteiger partial charge is 0.463 e. The van der Waals surface area contributed by atoms with Crippen molar-refractivity contribution in [1.82, 2.24) is 0 Å². The van der Waals surface area contributed by atoms with Crippen LogP contribution in [0.4, 0.5) is 0 Å². The first-order valence-corrected chi connectivity index (χ1v) is 5.36. The van der Waals surface area contributed by atoms with E-state index in [4.69, 9.17) is 0 Å². The van der Waals surface area contributed by atoms with E-state index in [1.807, 2.05) is 13.8 Å². The van der Waals surface area contributed by atoms with Crippen molar-refractivity contribution in [2.24, 2.45) is 11.8 Å². The van der Waals surface area contributed by atoms with Crippen LogP contribution in [-0.2, 0) is 14.3 Å². The molecule has 0 heterocycles. The van der Waals surface area contributed by atoms with Gasteiger partial charge in [-0.25, -0.2) is 4.79 Å². The first-order chi connectivity index (χ1) is 7.12. The molecule has 0 spiro atoms. The number of ketones is 1. The molecule has 3 nitrogen and oxygen atoms in total. The SMILES string of the molecule is C=C[C@H](CCC)[C@H](CC)C(=O)C(=O)OC. The zero-order valence-electron chi connectivity index (χ0n) is 9.79. The molecule has 3 heteroatoms. The van der Waals surface area contributed by atoms with Crippen molar-refractivity contribution in [2.75, 3.05) is 7.11 Å². The molecular weight excluding hydrogens is 192 g/mol. The molecule has 0 saturated carbocycles. The van der Waals surface area contributed by atoms with Crippen LogP contribution in [0.2, 0.25) is 0 Å². The zero-order chi connectivity index (χ0) is 11.8. The van der Waals surface area contributed by atoms with Crippen molar-refractivity contribution < 1.29 is 14.3 Å². The molecule has 0 radical (unpaired) electrons. The quantitative estimate of drug-likeness (QED) is 0.369. The molecular formula is C12H20O3. The Morgan fingerprint density at radius 1 is 1.40 bits per heavy atom. The Hall–Kier alpha value is -1.12. The van der Waals surface area contributed by atoms with E-state index < -0.39 is 11.8 Å². The third-order valence-corrected chi connectivity index (χ3v) is 2.60. The molecule has 0 aliphatic carbocycles. The molecule has 0 aliphatic rings. The summed E-state index contributed by atoms with van der Waals surface area (Å²) in [6.07, 6.45) is 4.26. The lowest BCUT2D eigenvalue weighted by Gasteiger charge is -2.20. The van der Waals surface area contributed by atoms with Crippen molar-refractivity contribution in [3.63, 3.8) is 0 Å². The van der Waals surface area contributed by atoms with E-state index in [1.165, 1.54) is 7.11 Å². The number of carbonyl (C=O) groups excluding carboxylic acids is 2. The summed E-state index contributed by atoms with van der Waals surface area (Å²) in [5, 5.41) is 0. The summed E-state index contributed by atoms with van der Waals surface area (Å²) in [5.41, 5.74) is 0. The van der Waals surface area contributed by atoms with Gasteiger partial charge in [-0.1, -0.05) is 26.3 Å². The Labute approximate surface area is 91.5 Å². The van der Waals surface area contributed by atoms with Gasteiger partial charge in [-0.3, -0.25) is 4.79 Å². The van der Waals surface area contributed by atoms with Gasteiger partial charge in [0.2, 0.25) is 5.78 Å². The molecule has 0 rings (SSSR count). The third-order valence-electron chi connectivity index (χ3n) is 2.60. The molecule has 0 N–H and O–H groups in total. The number of allylic oxidation sites excluding steroid dienone is 1. The second-order valence-corrected chi connectivity index (χ2v) is 3.56. The number of hydrogen-bond donors (Lipinski definition) is 0. The van der Waals surface area contributed by atoms with E-state index >= 15 is 0 Å². The maximum atomic E-state index is 11.7. The topological polar surface area (TPSA) is 43.4 Å². The minimum absolute atomic E-state index is 0.0756. The van der Waals surface area contributed by atoms with Crippen molar-refractivity contribution in [2.45, 2.75) is 33.1 Å². The summed E-state index contributed by atoms with van der Waals surface area (Å²) in [6.45, 7) is 7.66. The van der Waals surface area contributed by atoms with Gasteiger partial charge in [-0.05, 0) is 18.8 Å². The Balaban J connectivity index is 4.64. The Bertz CT molecular complexity index is 233. The van der Waals surface area contributed by atoms with Gasteiger partial charge in [0.25, 0.3) is 0 Å². The lowest BCUT2D eigenvalue weighted by atomic mass is 9.83. The first kappa shape index (κ1) is 13.9. The highest BCUT2D eigenvalue weighted by atomic mass is 16.5. The van der Waals surface area contributed by atoms with Crippen LogP contribution >= 0.6 is 0 Å². The molecule has 0 amide bonds. The molecule has 0 saturated heterocycles. The number of hydrogen-bond acceptors (Lipinski definition) is 3. The summed E-state index contributed by atoms with van der Waals surface area (Å²) in [7, 11) is 1.23. The zero-order valence-corrected chi connectivity index (χ0v) is 9.79. The third kappa shape index (κ3) is 3.86. The standard InChI is InChI=1S/C12H20O3/c1-5-8-9(6-2)10(7-3)11(13)12(14)15-4/h6,9-10H,2,5,7-8H2,1,3-4H3/t9-,10+/m1/s1. The fourth-order valence-corrected chi connectivity index (χ4v) is 1.75. The number of esters is 1. The van der Waals surface area contributed by atoms with Crippen molar-refractivity contribution in [3.8, 4) is 0 Å². The van der Waals surface area contributed by atoms with Crippen LogP contribution in [0, 0.1) is 11.8 Å². The molecule has 0 bridgehead atoms. The summed E-state index contributed by atoms with van der Waals surface area (Å²) < 4.78 is 4.44. The molecule has 0 unspecified atom stereocenters. The lowest BCUT2D eigenvalue weighted by Crippen LogP contribution is -2.29.